The predicted molar refractivity (Wildman–Crippen MR) is 96.5 cm³/mol. The largest absolute Gasteiger partial charge is 0.490 e. The lowest BCUT2D eigenvalue weighted by Gasteiger charge is -2.22. The van der Waals surface area contributed by atoms with E-state index in [9.17, 15) is 4.79 Å². The van der Waals surface area contributed by atoms with Crippen molar-refractivity contribution in [2.75, 3.05) is 13.2 Å². The number of ether oxygens (including phenoxy) is 2. The molecule has 4 heteroatoms. The number of rotatable bonds is 8. The number of hydrogen-bond acceptors (Lipinski definition) is 3. The summed E-state index contributed by atoms with van der Waals surface area (Å²) in [6, 6.07) is 5.86. The van der Waals surface area contributed by atoms with Crippen LogP contribution in [-0.2, 0) is 4.79 Å². The first-order valence-electron chi connectivity index (χ1n) is 9.32. The van der Waals surface area contributed by atoms with Crippen LogP contribution in [0.4, 0.5) is 0 Å². The van der Waals surface area contributed by atoms with Gasteiger partial charge in [0.1, 0.15) is 0 Å². The fourth-order valence-electron chi connectivity index (χ4n) is 3.37. The molecule has 1 saturated carbocycles. The van der Waals surface area contributed by atoms with Crippen LogP contribution in [0.1, 0.15) is 70.9 Å². The van der Waals surface area contributed by atoms with Gasteiger partial charge in [-0.1, -0.05) is 25.3 Å². The first-order valence-corrected chi connectivity index (χ1v) is 9.32. The maximum atomic E-state index is 12.3. The van der Waals surface area contributed by atoms with Crippen molar-refractivity contribution in [3.05, 3.63) is 23.8 Å². The van der Waals surface area contributed by atoms with Crippen molar-refractivity contribution in [2.24, 2.45) is 5.92 Å². The maximum absolute atomic E-state index is 12.3. The third kappa shape index (κ3) is 5.43. The van der Waals surface area contributed by atoms with Crippen molar-refractivity contribution in [1.29, 1.82) is 0 Å². The highest BCUT2D eigenvalue weighted by Gasteiger charge is 2.19. The lowest BCUT2D eigenvalue weighted by molar-refractivity contribution is -0.122. The third-order valence-electron chi connectivity index (χ3n) is 4.64. The van der Waals surface area contributed by atoms with Crippen LogP contribution in [0.5, 0.6) is 11.5 Å². The van der Waals surface area contributed by atoms with Crippen molar-refractivity contribution >= 4 is 5.91 Å². The number of amides is 1. The summed E-state index contributed by atoms with van der Waals surface area (Å²) < 4.78 is 11.3. The highest BCUT2D eigenvalue weighted by atomic mass is 16.5. The minimum atomic E-state index is -0.0315. The molecule has 4 nitrogen and oxygen atoms in total. The molecule has 1 aliphatic rings. The summed E-state index contributed by atoms with van der Waals surface area (Å²) in [5.41, 5.74) is 1.04. The van der Waals surface area contributed by atoms with Crippen molar-refractivity contribution in [1.82, 2.24) is 5.32 Å². The molecule has 0 saturated heterocycles. The molecular weight excluding hydrogens is 302 g/mol. The molecule has 1 aromatic rings. The van der Waals surface area contributed by atoms with Crippen LogP contribution in [0, 0.1) is 5.92 Å². The van der Waals surface area contributed by atoms with Gasteiger partial charge >= 0.3 is 0 Å². The quantitative estimate of drug-likeness (QED) is 0.754. The van der Waals surface area contributed by atoms with E-state index < -0.39 is 0 Å². The summed E-state index contributed by atoms with van der Waals surface area (Å²) >= 11 is 0. The smallest absolute Gasteiger partial charge is 0.220 e. The van der Waals surface area contributed by atoms with E-state index >= 15 is 0 Å². The second kappa shape index (κ2) is 9.55. The first kappa shape index (κ1) is 18.6. The van der Waals surface area contributed by atoms with E-state index in [1.165, 1.54) is 32.1 Å². The monoisotopic (exact) mass is 333 g/mol. The van der Waals surface area contributed by atoms with E-state index in [2.05, 4.69) is 5.32 Å². The number of hydrogen-bond donors (Lipinski definition) is 1. The summed E-state index contributed by atoms with van der Waals surface area (Å²) in [5.74, 6) is 2.21. The molecule has 1 aromatic carbocycles. The van der Waals surface area contributed by atoms with Gasteiger partial charge in [0.15, 0.2) is 11.5 Å². The zero-order valence-electron chi connectivity index (χ0n) is 15.3. The zero-order chi connectivity index (χ0) is 17.4. The molecule has 1 N–H and O–H groups in total. The Morgan fingerprint density at radius 2 is 1.79 bits per heavy atom. The van der Waals surface area contributed by atoms with Crippen LogP contribution < -0.4 is 14.8 Å². The summed E-state index contributed by atoms with van der Waals surface area (Å²) in [5, 5.41) is 3.13. The standard InChI is InChI=1S/C20H31NO3/c1-4-23-18-12-11-17(14-19(18)24-5-2)15(3)21-20(22)13-16-9-7-6-8-10-16/h11-12,14-16H,4-10,13H2,1-3H3,(H,21,22). The molecule has 0 aromatic heterocycles. The molecule has 1 aliphatic carbocycles. The zero-order valence-corrected chi connectivity index (χ0v) is 15.3. The SMILES string of the molecule is CCOc1ccc(C(C)NC(=O)CC2CCCCC2)cc1OCC. The van der Waals surface area contributed by atoms with Crippen LogP contribution >= 0.6 is 0 Å². The highest BCUT2D eigenvalue weighted by molar-refractivity contribution is 5.76. The second-order valence-electron chi connectivity index (χ2n) is 6.57. The Balaban J connectivity index is 1.96. The van der Waals surface area contributed by atoms with E-state index in [0.717, 1.165) is 17.1 Å². The van der Waals surface area contributed by atoms with Crippen molar-refractivity contribution in [3.8, 4) is 11.5 Å². The van der Waals surface area contributed by atoms with Gasteiger partial charge in [-0.05, 0) is 57.2 Å². The molecule has 2 rings (SSSR count). The van der Waals surface area contributed by atoms with Gasteiger partial charge in [-0.25, -0.2) is 0 Å². The van der Waals surface area contributed by atoms with Gasteiger partial charge in [0.25, 0.3) is 0 Å². The van der Waals surface area contributed by atoms with Gasteiger partial charge in [0.05, 0.1) is 19.3 Å². The van der Waals surface area contributed by atoms with Gasteiger partial charge in [0, 0.05) is 6.42 Å². The van der Waals surface area contributed by atoms with Crippen molar-refractivity contribution in [3.63, 3.8) is 0 Å². The fourth-order valence-corrected chi connectivity index (χ4v) is 3.37. The Bertz CT molecular complexity index is 524. The summed E-state index contributed by atoms with van der Waals surface area (Å²) in [6.45, 7) is 7.12. The third-order valence-corrected chi connectivity index (χ3v) is 4.64. The molecule has 1 atom stereocenters. The average molecular weight is 333 g/mol. The van der Waals surface area contributed by atoms with Crippen LogP contribution in [0.2, 0.25) is 0 Å². The molecule has 0 aliphatic heterocycles. The Morgan fingerprint density at radius 1 is 1.12 bits per heavy atom. The minimum Gasteiger partial charge on any atom is -0.490 e. The molecular formula is C20H31NO3. The van der Waals surface area contributed by atoms with Gasteiger partial charge in [-0.3, -0.25) is 4.79 Å². The number of nitrogens with one attached hydrogen (secondary N) is 1. The molecule has 0 spiro atoms. The first-order chi connectivity index (χ1) is 11.6. The molecule has 134 valence electrons. The topological polar surface area (TPSA) is 47.6 Å². The lowest BCUT2D eigenvalue weighted by Crippen LogP contribution is -2.29. The van der Waals surface area contributed by atoms with Crippen molar-refractivity contribution in [2.45, 2.75) is 65.3 Å². The molecule has 0 radical (unpaired) electrons. The molecule has 0 bridgehead atoms. The van der Waals surface area contributed by atoms with Crippen molar-refractivity contribution < 1.29 is 14.3 Å². The normalized spacial score (nSPS) is 16.5. The van der Waals surface area contributed by atoms with Crippen LogP contribution in [0.25, 0.3) is 0 Å². The molecule has 1 unspecified atom stereocenters. The van der Waals surface area contributed by atoms with E-state index in [1.54, 1.807) is 0 Å². The van der Waals surface area contributed by atoms with E-state index in [0.29, 0.717) is 25.6 Å². The average Bonchev–Trinajstić information content (AvgIpc) is 2.57. The Morgan fingerprint density at radius 3 is 2.46 bits per heavy atom. The van der Waals surface area contributed by atoms with Gasteiger partial charge in [-0.2, -0.15) is 0 Å². The van der Waals surface area contributed by atoms with Gasteiger partial charge in [-0.15, -0.1) is 0 Å². The van der Waals surface area contributed by atoms with E-state index in [4.69, 9.17) is 9.47 Å². The fraction of sp³-hybridized carbons (Fsp3) is 0.650. The summed E-state index contributed by atoms with van der Waals surface area (Å²) in [6.07, 6.45) is 6.90. The minimum absolute atomic E-state index is 0.0315. The molecule has 1 fully saturated rings. The van der Waals surface area contributed by atoms with Crippen LogP contribution in [0.3, 0.4) is 0 Å². The molecule has 1 amide bonds. The number of carbonyl (C=O) groups is 1. The highest BCUT2D eigenvalue weighted by Crippen LogP contribution is 2.31. The Labute approximate surface area is 145 Å². The molecule has 24 heavy (non-hydrogen) atoms. The number of benzene rings is 1. The summed E-state index contributed by atoms with van der Waals surface area (Å²) in [4.78, 5) is 12.3. The Hall–Kier alpha value is -1.71. The van der Waals surface area contributed by atoms with Crippen LogP contribution in [-0.4, -0.2) is 19.1 Å². The second-order valence-corrected chi connectivity index (χ2v) is 6.57. The van der Waals surface area contributed by atoms with E-state index in [-0.39, 0.29) is 11.9 Å². The maximum Gasteiger partial charge on any atom is 0.220 e. The van der Waals surface area contributed by atoms with E-state index in [1.807, 2.05) is 39.0 Å². The van der Waals surface area contributed by atoms with Crippen LogP contribution in [0.15, 0.2) is 18.2 Å². The Kier molecular flexibility index (Phi) is 7.41. The van der Waals surface area contributed by atoms with Gasteiger partial charge in [0.2, 0.25) is 5.91 Å². The molecule has 0 heterocycles. The number of carbonyl (C=O) groups excluding carboxylic acids is 1. The predicted octanol–water partition coefficient (Wildman–Crippen LogP) is 4.63. The summed E-state index contributed by atoms with van der Waals surface area (Å²) in [7, 11) is 0. The van der Waals surface area contributed by atoms with Gasteiger partial charge < -0.3 is 14.8 Å². The lowest BCUT2D eigenvalue weighted by atomic mass is 9.87.